The van der Waals surface area contributed by atoms with Gasteiger partial charge in [0, 0.05) is 24.2 Å². The first kappa shape index (κ1) is 18.9. The summed E-state index contributed by atoms with van der Waals surface area (Å²) in [6.07, 6.45) is 0.612. The van der Waals surface area contributed by atoms with Crippen LogP contribution in [0.15, 0.2) is 35.1 Å². The molecule has 0 spiro atoms. The number of nitrogens with zero attached hydrogens (tertiary/aromatic N) is 1. The van der Waals surface area contributed by atoms with Crippen molar-refractivity contribution in [3.8, 4) is 0 Å². The summed E-state index contributed by atoms with van der Waals surface area (Å²) in [5, 5.41) is 13.1. The molecule has 0 bridgehead atoms. The second-order valence-electron chi connectivity index (χ2n) is 6.34. The fourth-order valence-corrected chi connectivity index (χ4v) is 2.82. The number of aromatic nitrogens is 2. The van der Waals surface area contributed by atoms with Crippen molar-refractivity contribution in [3.63, 3.8) is 0 Å². The number of aryl methyl sites for hydroxylation is 2. The molecule has 0 aliphatic carbocycles. The smallest absolute Gasteiger partial charge is 0.345 e. The Morgan fingerprint density at radius 3 is 2.60 bits per heavy atom. The number of aliphatic hydroxyl groups is 1. The first-order valence-electron chi connectivity index (χ1n) is 8.44. The molecule has 1 heterocycles. The van der Waals surface area contributed by atoms with Gasteiger partial charge in [-0.05, 0) is 38.3 Å². The third-order valence-corrected chi connectivity index (χ3v) is 4.31. The quantitative estimate of drug-likeness (QED) is 0.709. The van der Waals surface area contributed by atoms with Crippen molar-refractivity contribution in [2.75, 3.05) is 0 Å². The Balaban J connectivity index is 1.86. The molecule has 1 aromatic heterocycles. The molecular weight excluding hydrogens is 318 g/mol. The van der Waals surface area contributed by atoms with Crippen molar-refractivity contribution < 1.29 is 9.90 Å². The average molecular weight is 343 g/mol. The number of rotatable bonds is 7. The minimum Gasteiger partial charge on any atom is -0.391 e. The highest BCUT2D eigenvalue weighted by Gasteiger charge is 2.17. The topological polar surface area (TPSA) is 95.1 Å². The van der Waals surface area contributed by atoms with E-state index < -0.39 is 6.10 Å². The normalized spacial score (nSPS) is 13.3. The van der Waals surface area contributed by atoms with Crippen LogP contribution >= 0.6 is 0 Å². The molecule has 1 aromatic carbocycles. The number of benzene rings is 1. The molecule has 2 unspecified atom stereocenters. The highest BCUT2D eigenvalue weighted by Crippen LogP contribution is 2.10. The molecule has 0 aliphatic rings. The van der Waals surface area contributed by atoms with Crippen LogP contribution in [0.1, 0.15) is 35.9 Å². The van der Waals surface area contributed by atoms with Crippen LogP contribution in [0.2, 0.25) is 0 Å². The molecule has 6 nitrogen and oxygen atoms in total. The van der Waals surface area contributed by atoms with E-state index >= 15 is 0 Å². The summed E-state index contributed by atoms with van der Waals surface area (Å²) >= 11 is 0. The summed E-state index contributed by atoms with van der Waals surface area (Å²) in [7, 11) is 0. The molecular formula is C19H25N3O3. The minimum atomic E-state index is -0.649. The van der Waals surface area contributed by atoms with Gasteiger partial charge in [-0.15, -0.1) is 0 Å². The van der Waals surface area contributed by atoms with Crippen LogP contribution in [-0.2, 0) is 17.6 Å². The zero-order valence-electron chi connectivity index (χ0n) is 14.9. The lowest BCUT2D eigenvalue weighted by Crippen LogP contribution is -2.42. The van der Waals surface area contributed by atoms with Gasteiger partial charge in [-0.1, -0.05) is 30.3 Å². The van der Waals surface area contributed by atoms with Gasteiger partial charge in [0.15, 0.2) is 0 Å². The van der Waals surface area contributed by atoms with E-state index in [0.29, 0.717) is 18.5 Å². The van der Waals surface area contributed by atoms with Gasteiger partial charge >= 0.3 is 5.69 Å². The summed E-state index contributed by atoms with van der Waals surface area (Å²) < 4.78 is 0. The SMILES string of the molecule is Cc1nc(=O)[nH]c(C)c1CCC(=O)NC(C)C(O)Cc1ccccc1. The van der Waals surface area contributed by atoms with Gasteiger partial charge in [0.2, 0.25) is 5.91 Å². The lowest BCUT2D eigenvalue weighted by molar-refractivity contribution is -0.122. The van der Waals surface area contributed by atoms with Gasteiger partial charge < -0.3 is 15.4 Å². The second-order valence-corrected chi connectivity index (χ2v) is 6.34. The molecule has 0 saturated heterocycles. The molecule has 0 fully saturated rings. The number of hydrogen-bond donors (Lipinski definition) is 3. The van der Waals surface area contributed by atoms with E-state index in [9.17, 15) is 14.7 Å². The number of carbonyl (C=O) groups is 1. The monoisotopic (exact) mass is 343 g/mol. The van der Waals surface area contributed by atoms with Crippen molar-refractivity contribution in [1.82, 2.24) is 15.3 Å². The van der Waals surface area contributed by atoms with Crippen LogP contribution in [0.25, 0.3) is 0 Å². The molecule has 6 heteroatoms. The fraction of sp³-hybridized carbons (Fsp3) is 0.421. The van der Waals surface area contributed by atoms with Crippen LogP contribution in [0.5, 0.6) is 0 Å². The van der Waals surface area contributed by atoms with Gasteiger partial charge in [-0.2, -0.15) is 4.98 Å². The van der Waals surface area contributed by atoms with E-state index in [2.05, 4.69) is 15.3 Å². The summed E-state index contributed by atoms with van der Waals surface area (Å²) in [5.74, 6) is -0.135. The van der Waals surface area contributed by atoms with Crippen molar-refractivity contribution in [2.45, 2.75) is 52.2 Å². The molecule has 2 atom stereocenters. The Morgan fingerprint density at radius 2 is 1.96 bits per heavy atom. The lowest BCUT2D eigenvalue weighted by atomic mass is 10.0. The number of hydrogen-bond acceptors (Lipinski definition) is 4. The van der Waals surface area contributed by atoms with Crippen molar-refractivity contribution in [3.05, 3.63) is 63.3 Å². The van der Waals surface area contributed by atoms with E-state index in [0.717, 1.165) is 16.8 Å². The van der Waals surface area contributed by atoms with Crippen LogP contribution in [0, 0.1) is 13.8 Å². The average Bonchev–Trinajstić information content (AvgIpc) is 2.54. The zero-order chi connectivity index (χ0) is 18.4. The Bertz CT molecular complexity index is 745. The Labute approximate surface area is 147 Å². The van der Waals surface area contributed by atoms with E-state index in [-0.39, 0.29) is 24.1 Å². The zero-order valence-corrected chi connectivity index (χ0v) is 14.9. The van der Waals surface area contributed by atoms with Crippen LogP contribution in [0.4, 0.5) is 0 Å². The molecule has 2 rings (SSSR count). The van der Waals surface area contributed by atoms with E-state index in [4.69, 9.17) is 0 Å². The predicted molar refractivity (Wildman–Crippen MR) is 96.4 cm³/mol. The molecule has 0 radical (unpaired) electrons. The largest absolute Gasteiger partial charge is 0.391 e. The standard InChI is InChI=1S/C19H25N3O3/c1-12-16(13(2)22-19(25)21-12)9-10-18(24)20-14(3)17(23)11-15-7-5-4-6-8-15/h4-8,14,17,23H,9-11H2,1-3H3,(H,20,24)(H,21,22,25). The van der Waals surface area contributed by atoms with Crippen molar-refractivity contribution in [1.29, 1.82) is 0 Å². The van der Waals surface area contributed by atoms with E-state index in [1.807, 2.05) is 30.3 Å². The van der Waals surface area contributed by atoms with Crippen LogP contribution in [0.3, 0.4) is 0 Å². The maximum absolute atomic E-state index is 12.2. The maximum Gasteiger partial charge on any atom is 0.345 e. The molecule has 0 saturated carbocycles. The summed E-state index contributed by atoms with van der Waals surface area (Å²) in [6, 6.07) is 9.33. The molecule has 25 heavy (non-hydrogen) atoms. The molecule has 1 amide bonds. The number of nitrogens with one attached hydrogen (secondary N) is 2. The van der Waals surface area contributed by atoms with Gasteiger partial charge in [-0.3, -0.25) is 4.79 Å². The third-order valence-electron chi connectivity index (χ3n) is 4.31. The van der Waals surface area contributed by atoms with Gasteiger partial charge in [0.05, 0.1) is 12.1 Å². The Hall–Kier alpha value is -2.47. The van der Waals surface area contributed by atoms with Gasteiger partial charge in [-0.25, -0.2) is 4.79 Å². The molecule has 2 aromatic rings. The number of aliphatic hydroxyl groups excluding tert-OH is 1. The highest BCUT2D eigenvalue weighted by atomic mass is 16.3. The lowest BCUT2D eigenvalue weighted by Gasteiger charge is -2.20. The second kappa shape index (κ2) is 8.58. The summed E-state index contributed by atoms with van der Waals surface area (Å²) in [4.78, 5) is 30.0. The molecule has 3 N–H and O–H groups in total. The van der Waals surface area contributed by atoms with Crippen molar-refractivity contribution >= 4 is 5.91 Å². The molecule has 0 aliphatic heterocycles. The predicted octanol–water partition coefficient (Wildman–Crippen LogP) is 1.43. The van der Waals surface area contributed by atoms with E-state index in [1.54, 1.807) is 20.8 Å². The van der Waals surface area contributed by atoms with Crippen molar-refractivity contribution in [2.24, 2.45) is 0 Å². The maximum atomic E-state index is 12.2. The third kappa shape index (κ3) is 5.53. The fourth-order valence-electron chi connectivity index (χ4n) is 2.82. The molecule has 134 valence electrons. The summed E-state index contributed by atoms with van der Waals surface area (Å²) in [6.45, 7) is 5.36. The number of amides is 1. The van der Waals surface area contributed by atoms with Crippen LogP contribution < -0.4 is 11.0 Å². The Kier molecular flexibility index (Phi) is 6.47. The highest BCUT2D eigenvalue weighted by molar-refractivity contribution is 5.76. The number of carbonyl (C=O) groups excluding carboxylic acids is 1. The first-order chi connectivity index (χ1) is 11.9. The van der Waals surface area contributed by atoms with Crippen LogP contribution in [-0.4, -0.2) is 33.1 Å². The minimum absolute atomic E-state index is 0.135. The van der Waals surface area contributed by atoms with Gasteiger partial charge in [0.25, 0.3) is 0 Å². The number of aromatic amines is 1. The van der Waals surface area contributed by atoms with Gasteiger partial charge in [0.1, 0.15) is 0 Å². The Morgan fingerprint density at radius 1 is 1.28 bits per heavy atom. The first-order valence-corrected chi connectivity index (χ1v) is 8.44. The summed E-state index contributed by atoms with van der Waals surface area (Å²) in [5.41, 5.74) is 2.92. The van der Waals surface area contributed by atoms with E-state index in [1.165, 1.54) is 0 Å². The number of H-pyrrole nitrogens is 1.